The van der Waals surface area contributed by atoms with Gasteiger partial charge in [-0.25, -0.2) is 4.39 Å². The van der Waals surface area contributed by atoms with Gasteiger partial charge in [0.15, 0.2) is 5.96 Å². The molecule has 8 heteroatoms. The van der Waals surface area contributed by atoms with Gasteiger partial charge in [-0.3, -0.25) is 4.99 Å². The zero-order chi connectivity index (χ0) is 17.6. The predicted molar refractivity (Wildman–Crippen MR) is 112 cm³/mol. The number of methoxy groups -OCH3 is 1. The third-order valence-electron chi connectivity index (χ3n) is 4.41. The summed E-state index contributed by atoms with van der Waals surface area (Å²) in [6, 6.07) is 4.84. The highest BCUT2D eigenvalue weighted by Gasteiger charge is 2.22. The van der Waals surface area contributed by atoms with Crippen LogP contribution in [0.3, 0.4) is 0 Å². The summed E-state index contributed by atoms with van der Waals surface area (Å²) in [7, 11) is 3.47. The summed E-state index contributed by atoms with van der Waals surface area (Å²) < 4.78 is 24.1. The predicted octanol–water partition coefficient (Wildman–Crippen LogP) is 2.39. The third-order valence-corrected chi connectivity index (χ3v) is 4.41. The summed E-state index contributed by atoms with van der Waals surface area (Å²) >= 11 is 0. The molecule has 3 rings (SSSR count). The molecule has 0 spiro atoms. The molecule has 1 aliphatic heterocycles. The fourth-order valence-corrected chi connectivity index (χ4v) is 3.21. The molecule has 26 heavy (non-hydrogen) atoms. The number of nitrogens with one attached hydrogen (secondary N) is 2. The normalized spacial score (nSPS) is 18.0. The Hall–Kier alpha value is -1.39. The molecule has 0 aliphatic carbocycles. The third kappa shape index (κ3) is 5.08. The first-order valence-corrected chi connectivity index (χ1v) is 8.53. The molecule has 0 saturated carbocycles. The number of fused-ring (bicyclic) bond motifs is 1. The van der Waals surface area contributed by atoms with Crippen LogP contribution in [0.2, 0.25) is 0 Å². The lowest BCUT2D eigenvalue weighted by atomic mass is 10.1. The minimum atomic E-state index is -0.225. The van der Waals surface area contributed by atoms with Crippen LogP contribution in [0.5, 0.6) is 0 Å². The maximum Gasteiger partial charge on any atom is 0.193 e. The summed E-state index contributed by atoms with van der Waals surface area (Å²) in [5, 5.41) is 4.47. The number of benzene rings is 1. The van der Waals surface area contributed by atoms with Crippen molar-refractivity contribution in [1.29, 1.82) is 0 Å². The van der Waals surface area contributed by atoms with Crippen molar-refractivity contribution in [3.05, 3.63) is 35.8 Å². The number of ether oxygens (including phenoxy) is 2. The number of H-pyrrole nitrogens is 1. The van der Waals surface area contributed by atoms with Crippen molar-refractivity contribution < 1.29 is 13.9 Å². The van der Waals surface area contributed by atoms with Crippen LogP contribution in [-0.4, -0.2) is 69.0 Å². The van der Waals surface area contributed by atoms with Crippen LogP contribution < -0.4 is 5.32 Å². The van der Waals surface area contributed by atoms with E-state index in [1.54, 1.807) is 14.2 Å². The molecule has 1 aromatic heterocycles. The Morgan fingerprint density at radius 3 is 3.12 bits per heavy atom. The van der Waals surface area contributed by atoms with Crippen molar-refractivity contribution in [3.8, 4) is 0 Å². The quantitative estimate of drug-likeness (QED) is 0.396. The van der Waals surface area contributed by atoms with E-state index in [-0.39, 0.29) is 35.9 Å². The molecule has 2 aromatic rings. The van der Waals surface area contributed by atoms with E-state index in [4.69, 9.17) is 9.47 Å². The lowest BCUT2D eigenvalue weighted by Gasteiger charge is -2.34. The molecular formula is C18H26FIN4O2. The molecular weight excluding hydrogens is 450 g/mol. The van der Waals surface area contributed by atoms with Crippen LogP contribution in [0.25, 0.3) is 10.9 Å². The first-order chi connectivity index (χ1) is 12.2. The van der Waals surface area contributed by atoms with Gasteiger partial charge in [0, 0.05) is 50.9 Å². The second-order valence-electron chi connectivity index (χ2n) is 6.12. The van der Waals surface area contributed by atoms with Crippen LogP contribution in [0.4, 0.5) is 4.39 Å². The monoisotopic (exact) mass is 476 g/mol. The molecule has 0 bridgehead atoms. The Labute approximate surface area is 170 Å². The van der Waals surface area contributed by atoms with E-state index in [2.05, 4.69) is 20.2 Å². The minimum Gasteiger partial charge on any atom is -0.382 e. The maximum absolute atomic E-state index is 13.3. The number of nitrogens with zero attached hydrogens (tertiary/aromatic N) is 2. The lowest BCUT2D eigenvalue weighted by Crippen LogP contribution is -2.51. The average molecular weight is 476 g/mol. The molecule has 1 fully saturated rings. The maximum atomic E-state index is 13.3. The Morgan fingerprint density at radius 2 is 2.35 bits per heavy atom. The number of aromatic nitrogens is 1. The highest BCUT2D eigenvalue weighted by molar-refractivity contribution is 14.0. The first kappa shape index (κ1) is 20.9. The van der Waals surface area contributed by atoms with Gasteiger partial charge < -0.3 is 24.7 Å². The van der Waals surface area contributed by atoms with Crippen molar-refractivity contribution in [2.24, 2.45) is 4.99 Å². The molecule has 6 nitrogen and oxygen atoms in total. The second kappa shape index (κ2) is 10.1. The second-order valence-corrected chi connectivity index (χ2v) is 6.12. The number of hydrogen-bond acceptors (Lipinski definition) is 3. The largest absolute Gasteiger partial charge is 0.382 e. The summed E-state index contributed by atoms with van der Waals surface area (Å²) in [5.74, 6) is 0.646. The number of aromatic amines is 1. The molecule has 1 aliphatic rings. The number of morpholine rings is 1. The molecule has 2 heterocycles. The van der Waals surface area contributed by atoms with Crippen LogP contribution in [0.1, 0.15) is 5.56 Å². The van der Waals surface area contributed by atoms with Gasteiger partial charge in [0.05, 0.1) is 19.3 Å². The van der Waals surface area contributed by atoms with Gasteiger partial charge in [-0.05, 0) is 30.2 Å². The number of halogens is 2. The van der Waals surface area contributed by atoms with E-state index in [1.807, 2.05) is 12.3 Å². The van der Waals surface area contributed by atoms with Crippen molar-refractivity contribution in [3.63, 3.8) is 0 Å². The van der Waals surface area contributed by atoms with Gasteiger partial charge in [0.25, 0.3) is 0 Å². The lowest BCUT2D eigenvalue weighted by molar-refractivity contribution is -0.0447. The summed E-state index contributed by atoms with van der Waals surface area (Å²) in [6.07, 6.45) is 2.84. The molecule has 2 N–H and O–H groups in total. The van der Waals surface area contributed by atoms with Crippen molar-refractivity contribution in [2.45, 2.75) is 12.5 Å². The summed E-state index contributed by atoms with van der Waals surface area (Å²) in [6.45, 7) is 3.58. The fraction of sp³-hybridized carbons (Fsp3) is 0.500. The van der Waals surface area contributed by atoms with Gasteiger partial charge in [-0.2, -0.15) is 0 Å². The average Bonchev–Trinajstić information content (AvgIpc) is 3.01. The van der Waals surface area contributed by atoms with E-state index in [0.717, 1.165) is 48.5 Å². The Morgan fingerprint density at radius 1 is 1.50 bits per heavy atom. The first-order valence-electron chi connectivity index (χ1n) is 8.53. The number of hydrogen-bond donors (Lipinski definition) is 2. The number of rotatable bonds is 5. The number of aliphatic imine (C=N–C) groups is 1. The van der Waals surface area contributed by atoms with E-state index in [0.29, 0.717) is 13.2 Å². The van der Waals surface area contributed by atoms with Crippen LogP contribution in [0, 0.1) is 5.82 Å². The summed E-state index contributed by atoms with van der Waals surface area (Å²) in [4.78, 5) is 9.69. The molecule has 1 atom stereocenters. The highest BCUT2D eigenvalue weighted by Crippen LogP contribution is 2.19. The topological polar surface area (TPSA) is 61.9 Å². The SMILES string of the molecule is CN=C(NCCc1c[nH]c2cc(F)ccc12)N1CCOC(COC)C1.I. The van der Waals surface area contributed by atoms with Gasteiger partial charge in [-0.1, -0.05) is 0 Å². The minimum absolute atomic E-state index is 0. The van der Waals surface area contributed by atoms with E-state index < -0.39 is 0 Å². The molecule has 1 aromatic carbocycles. The van der Waals surface area contributed by atoms with Gasteiger partial charge >= 0.3 is 0 Å². The van der Waals surface area contributed by atoms with Crippen LogP contribution in [-0.2, 0) is 15.9 Å². The van der Waals surface area contributed by atoms with E-state index in [1.165, 1.54) is 12.1 Å². The molecule has 0 radical (unpaired) electrons. The van der Waals surface area contributed by atoms with Gasteiger partial charge in [0.2, 0.25) is 0 Å². The molecule has 1 unspecified atom stereocenters. The molecule has 1 saturated heterocycles. The van der Waals surface area contributed by atoms with Crippen LogP contribution >= 0.6 is 24.0 Å². The van der Waals surface area contributed by atoms with Gasteiger partial charge in [-0.15, -0.1) is 24.0 Å². The Kier molecular flexibility index (Phi) is 8.11. The van der Waals surface area contributed by atoms with Crippen LogP contribution in [0.15, 0.2) is 29.4 Å². The zero-order valence-corrected chi connectivity index (χ0v) is 17.5. The fourth-order valence-electron chi connectivity index (χ4n) is 3.21. The smallest absolute Gasteiger partial charge is 0.193 e. The summed E-state index contributed by atoms with van der Waals surface area (Å²) in [5.41, 5.74) is 1.99. The molecule has 144 valence electrons. The standard InChI is InChI=1S/C18H25FN4O2.HI/c1-20-18(23-7-8-25-15(11-23)12-24-2)21-6-5-13-10-22-17-9-14(19)3-4-16(13)17;/h3-4,9-10,15,22H,5-8,11-12H2,1-2H3,(H,20,21);1H. The highest BCUT2D eigenvalue weighted by atomic mass is 127. The van der Waals surface area contributed by atoms with Crippen molar-refractivity contribution in [1.82, 2.24) is 15.2 Å². The van der Waals surface area contributed by atoms with E-state index in [9.17, 15) is 4.39 Å². The van der Waals surface area contributed by atoms with Crippen molar-refractivity contribution >= 4 is 40.8 Å². The van der Waals surface area contributed by atoms with Crippen molar-refractivity contribution in [2.75, 3.05) is 47.0 Å². The van der Waals surface area contributed by atoms with Gasteiger partial charge in [0.1, 0.15) is 5.82 Å². The van der Waals surface area contributed by atoms with E-state index >= 15 is 0 Å². The Bertz CT molecular complexity index is 735. The Balaban J connectivity index is 0.00000243. The molecule has 0 amide bonds. The zero-order valence-electron chi connectivity index (χ0n) is 15.1. The number of guanidine groups is 1.